The molecule has 2 aromatic heterocycles. The lowest BCUT2D eigenvalue weighted by Gasteiger charge is -2.16. The molecule has 0 fully saturated rings. The molecule has 2 heterocycles. The smallest absolute Gasteiger partial charge is 0.267 e. The molecule has 0 spiro atoms. The first-order valence-corrected chi connectivity index (χ1v) is 10.9. The van der Waals surface area contributed by atoms with E-state index in [-0.39, 0.29) is 33.8 Å². The molecule has 7 N–H and O–H groups in total. The van der Waals surface area contributed by atoms with Crippen molar-refractivity contribution in [1.29, 1.82) is 5.41 Å². The molecular weight excluding hydrogens is 482 g/mol. The first kappa shape index (κ1) is 23.4. The number of pyridine rings is 1. The lowest BCUT2D eigenvalue weighted by atomic mass is 9.96. The molecule has 11 heteroatoms. The molecule has 0 radical (unpaired) electrons. The highest BCUT2D eigenvalue weighted by molar-refractivity contribution is 6.44. The van der Waals surface area contributed by atoms with Gasteiger partial charge in [0.15, 0.2) is 17.2 Å². The molecule has 0 aliphatic rings. The number of H-pyrrole nitrogens is 1. The molecule has 0 unspecified atom stereocenters. The zero-order valence-electron chi connectivity index (χ0n) is 18.9. The molecule has 184 valence electrons. The van der Waals surface area contributed by atoms with Crippen LogP contribution in [0.2, 0.25) is 0 Å². The molecule has 37 heavy (non-hydrogen) atoms. The summed E-state index contributed by atoms with van der Waals surface area (Å²) in [6.45, 7) is 0. The van der Waals surface area contributed by atoms with Gasteiger partial charge in [0.25, 0.3) is 11.5 Å². The van der Waals surface area contributed by atoms with Crippen LogP contribution in [0.5, 0.6) is 0 Å². The monoisotopic (exact) mass is 500 g/mol. The maximum absolute atomic E-state index is 15.9. The third kappa shape index (κ3) is 4.18. The van der Waals surface area contributed by atoms with Gasteiger partial charge in [0.05, 0.1) is 11.1 Å². The molecular formula is C26H18F2N6O3. The van der Waals surface area contributed by atoms with E-state index >= 15 is 8.78 Å². The Morgan fingerprint density at radius 2 is 1.81 bits per heavy atom. The molecule has 0 atom stereocenters. The van der Waals surface area contributed by atoms with E-state index in [2.05, 4.69) is 15.5 Å². The van der Waals surface area contributed by atoms with Gasteiger partial charge in [-0.05, 0) is 48.0 Å². The predicted molar refractivity (Wildman–Crippen MR) is 136 cm³/mol. The van der Waals surface area contributed by atoms with Crippen LogP contribution >= 0.6 is 0 Å². The van der Waals surface area contributed by atoms with E-state index in [1.165, 1.54) is 30.5 Å². The van der Waals surface area contributed by atoms with E-state index in [0.717, 1.165) is 6.07 Å². The number of aromatic nitrogens is 2. The van der Waals surface area contributed by atoms with Crippen molar-refractivity contribution >= 4 is 39.8 Å². The number of anilines is 3. The van der Waals surface area contributed by atoms with Crippen LogP contribution in [-0.2, 0) is 4.79 Å². The Kier molecular flexibility index (Phi) is 5.72. The number of hydrogen-bond donors (Lipinski definition) is 5. The lowest BCUT2D eigenvalue weighted by Crippen LogP contribution is -2.24. The van der Waals surface area contributed by atoms with Gasteiger partial charge < -0.3 is 26.3 Å². The van der Waals surface area contributed by atoms with Crippen molar-refractivity contribution in [3.05, 3.63) is 94.4 Å². The zero-order valence-corrected chi connectivity index (χ0v) is 18.9. The first-order chi connectivity index (χ1) is 17.7. The number of nitrogens with two attached hydrogens (primary N) is 2. The molecule has 9 nitrogen and oxygen atoms in total. The summed E-state index contributed by atoms with van der Waals surface area (Å²) in [5.41, 5.74) is 10.7. The van der Waals surface area contributed by atoms with Gasteiger partial charge in [-0.3, -0.25) is 15.0 Å². The van der Waals surface area contributed by atoms with Crippen LogP contribution in [-0.4, -0.2) is 21.8 Å². The number of aromatic amines is 1. The highest BCUT2D eigenvalue weighted by Gasteiger charge is 2.22. The lowest BCUT2D eigenvalue weighted by molar-refractivity contribution is -0.112. The van der Waals surface area contributed by atoms with Crippen molar-refractivity contribution in [2.75, 3.05) is 11.1 Å². The second-order valence-corrected chi connectivity index (χ2v) is 8.10. The Morgan fingerprint density at radius 3 is 2.54 bits per heavy atom. The Balaban J connectivity index is 1.63. The molecule has 0 saturated heterocycles. The third-order valence-corrected chi connectivity index (χ3v) is 5.81. The highest BCUT2D eigenvalue weighted by atomic mass is 19.1. The van der Waals surface area contributed by atoms with Crippen LogP contribution in [0.4, 0.5) is 26.0 Å². The van der Waals surface area contributed by atoms with Gasteiger partial charge in [-0.15, -0.1) is 0 Å². The summed E-state index contributed by atoms with van der Waals surface area (Å²) in [5, 5.41) is 15.0. The van der Waals surface area contributed by atoms with Crippen molar-refractivity contribution in [2.45, 2.75) is 0 Å². The molecule has 3 aromatic carbocycles. The van der Waals surface area contributed by atoms with Gasteiger partial charge in [0, 0.05) is 34.1 Å². The number of nitrogens with one attached hydrogen (secondary N) is 3. The molecule has 1 amide bonds. The van der Waals surface area contributed by atoms with E-state index in [1.54, 1.807) is 30.3 Å². The van der Waals surface area contributed by atoms with E-state index in [9.17, 15) is 9.59 Å². The second kappa shape index (κ2) is 9.04. The third-order valence-electron chi connectivity index (χ3n) is 5.81. The van der Waals surface area contributed by atoms with Gasteiger partial charge in [0.2, 0.25) is 0 Å². The SMILES string of the molecule is N=C(C(N)=O)c1ccc(-c2ccc(-c3ccc[nH]c3=O)cc2F)c(F)c1Nc1ccc2onc(N)c2c1. The van der Waals surface area contributed by atoms with Crippen molar-refractivity contribution in [3.8, 4) is 22.3 Å². The number of nitrogen functional groups attached to an aromatic ring is 1. The molecule has 0 aliphatic carbocycles. The maximum Gasteiger partial charge on any atom is 0.267 e. The van der Waals surface area contributed by atoms with E-state index in [4.69, 9.17) is 21.4 Å². The molecule has 0 bridgehead atoms. The largest absolute Gasteiger partial charge is 0.380 e. The second-order valence-electron chi connectivity index (χ2n) is 8.10. The van der Waals surface area contributed by atoms with Gasteiger partial charge >= 0.3 is 0 Å². The summed E-state index contributed by atoms with van der Waals surface area (Å²) in [5.74, 6) is -2.65. The van der Waals surface area contributed by atoms with Crippen LogP contribution in [0.1, 0.15) is 5.56 Å². The number of amides is 1. The van der Waals surface area contributed by atoms with Gasteiger partial charge in [-0.2, -0.15) is 0 Å². The van der Waals surface area contributed by atoms with Crippen LogP contribution < -0.4 is 22.3 Å². The number of hydrogen-bond acceptors (Lipinski definition) is 7. The molecule has 5 rings (SSSR count). The van der Waals surface area contributed by atoms with Crippen LogP contribution in [0.3, 0.4) is 0 Å². The minimum Gasteiger partial charge on any atom is -0.380 e. The van der Waals surface area contributed by atoms with E-state index in [1.807, 2.05) is 0 Å². The van der Waals surface area contributed by atoms with Gasteiger partial charge in [-0.1, -0.05) is 23.4 Å². The summed E-state index contributed by atoms with van der Waals surface area (Å²) in [6, 6.07) is 14.4. The highest BCUT2D eigenvalue weighted by Crippen LogP contribution is 2.36. The van der Waals surface area contributed by atoms with Gasteiger partial charge in [0.1, 0.15) is 11.5 Å². The summed E-state index contributed by atoms with van der Waals surface area (Å²) < 4.78 is 36.2. The average molecular weight is 500 g/mol. The number of nitrogens with zero attached hydrogens (tertiary/aromatic N) is 1. The zero-order chi connectivity index (χ0) is 26.3. The number of benzene rings is 3. The summed E-state index contributed by atoms with van der Waals surface area (Å²) in [4.78, 5) is 26.3. The molecule has 5 aromatic rings. The Morgan fingerprint density at radius 1 is 1.03 bits per heavy atom. The fraction of sp³-hybridized carbons (Fsp3) is 0. The minimum absolute atomic E-state index is 0.0902. The number of carbonyl (C=O) groups excluding carboxylic acids is 1. The first-order valence-electron chi connectivity index (χ1n) is 10.9. The summed E-state index contributed by atoms with van der Waals surface area (Å²) >= 11 is 0. The number of halogens is 2. The standard InChI is InChI=1S/C26H18F2N6O3/c27-19-10-12(14-2-1-9-32-26(14)36)3-5-15(19)16-6-7-17(22(29)25(31)35)23(21(16)28)33-13-4-8-20-18(11-13)24(30)34-37-20/h1-11,29,33H,(H2,30,34)(H2,31,35)(H,32,36). The number of fused-ring (bicyclic) bond motifs is 1. The fourth-order valence-electron chi connectivity index (χ4n) is 3.98. The van der Waals surface area contributed by atoms with Crippen molar-refractivity contribution in [1.82, 2.24) is 10.1 Å². The maximum atomic E-state index is 15.9. The average Bonchev–Trinajstić information content (AvgIpc) is 3.25. The molecule has 0 aliphatic heterocycles. The number of rotatable bonds is 6. The Bertz CT molecular complexity index is 1780. The van der Waals surface area contributed by atoms with Crippen molar-refractivity contribution in [3.63, 3.8) is 0 Å². The van der Waals surface area contributed by atoms with Crippen LogP contribution in [0.15, 0.2) is 76.2 Å². The van der Waals surface area contributed by atoms with E-state index in [0.29, 0.717) is 22.2 Å². The normalized spacial score (nSPS) is 11.0. The van der Waals surface area contributed by atoms with E-state index < -0.39 is 28.8 Å². The summed E-state index contributed by atoms with van der Waals surface area (Å²) in [7, 11) is 0. The Labute approximate surface area is 207 Å². The predicted octanol–water partition coefficient (Wildman–Crippen LogP) is 4.31. The quantitative estimate of drug-likeness (QED) is 0.218. The van der Waals surface area contributed by atoms with Crippen LogP contribution in [0, 0.1) is 17.0 Å². The topological polar surface area (TPSA) is 164 Å². The van der Waals surface area contributed by atoms with Crippen molar-refractivity contribution in [2.24, 2.45) is 5.73 Å². The fourth-order valence-corrected chi connectivity index (χ4v) is 3.98. The van der Waals surface area contributed by atoms with Gasteiger partial charge in [-0.25, -0.2) is 8.78 Å². The van der Waals surface area contributed by atoms with Crippen LogP contribution in [0.25, 0.3) is 33.2 Å². The minimum atomic E-state index is -1.07. The number of carbonyl (C=O) groups is 1. The molecule has 0 saturated carbocycles. The Hall–Kier alpha value is -5.32. The van der Waals surface area contributed by atoms with Crippen molar-refractivity contribution < 1.29 is 18.1 Å². The number of primary amides is 1. The summed E-state index contributed by atoms with van der Waals surface area (Å²) in [6.07, 6.45) is 1.46.